The highest BCUT2D eigenvalue weighted by molar-refractivity contribution is 6.41. The van der Waals surface area contributed by atoms with Gasteiger partial charge >= 0.3 is 0 Å². The first-order valence-corrected chi connectivity index (χ1v) is 13.5. The van der Waals surface area contributed by atoms with Crippen LogP contribution in [0.2, 0.25) is 10.0 Å². The molecule has 196 valence electrons. The Morgan fingerprint density at radius 3 is 2.38 bits per heavy atom. The summed E-state index contributed by atoms with van der Waals surface area (Å²) in [4.78, 5) is 15.7. The number of carbonyl (C=O) groups is 1. The van der Waals surface area contributed by atoms with Crippen molar-refractivity contribution in [1.82, 2.24) is 5.32 Å². The lowest BCUT2D eigenvalue weighted by molar-refractivity contribution is 0.0985. The highest BCUT2D eigenvalue weighted by Crippen LogP contribution is 2.36. The summed E-state index contributed by atoms with van der Waals surface area (Å²) in [6, 6.07) is 19.0. The van der Waals surface area contributed by atoms with Crippen LogP contribution in [0, 0.1) is 0 Å². The molecule has 0 bridgehead atoms. The van der Waals surface area contributed by atoms with E-state index in [4.69, 9.17) is 23.2 Å². The van der Waals surface area contributed by atoms with Gasteiger partial charge in [-0.3, -0.25) is 4.79 Å². The Hall–Kier alpha value is -2.73. The minimum absolute atomic E-state index is 0.197. The molecular weight excluding hydrogens is 505 g/mol. The van der Waals surface area contributed by atoms with Gasteiger partial charge in [-0.15, -0.1) is 0 Å². The maximum Gasteiger partial charge on any atom is 0.261 e. The van der Waals surface area contributed by atoms with Crippen molar-refractivity contribution in [2.24, 2.45) is 0 Å². The molecule has 4 rings (SSSR count). The molecule has 3 aromatic carbocycles. The van der Waals surface area contributed by atoms with Gasteiger partial charge in [-0.05, 0) is 60.7 Å². The number of rotatable bonds is 7. The van der Waals surface area contributed by atoms with Crippen molar-refractivity contribution in [3.63, 3.8) is 0 Å². The van der Waals surface area contributed by atoms with Gasteiger partial charge in [0.25, 0.3) is 5.91 Å². The van der Waals surface area contributed by atoms with E-state index in [1.54, 1.807) is 29.2 Å². The van der Waals surface area contributed by atoms with Crippen LogP contribution < -0.4 is 15.5 Å². The largest absolute Gasteiger partial charge is 0.508 e. The number of amides is 1. The van der Waals surface area contributed by atoms with Crippen LogP contribution >= 0.6 is 23.2 Å². The standard InChI is InChI=1S/C30H35Cl2N3O2/c1-30(2,3)24-17-23(12-13-27(24)36)35(19-20-9-5-4-6-10-20)29(37)28-25(31)15-22(16-26(28)32)34-18-21-11-7-8-14-33-21/h4-6,9-10,12-13,15-17,21,33-34,36H,7-8,11,14,18-19H2,1-3H3. The molecule has 0 saturated carbocycles. The lowest BCUT2D eigenvalue weighted by Crippen LogP contribution is -2.39. The second-order valence-corrected chi connectivity index (χ2v) is 11.5. The molecule has 1 fully saturated rings. The van der Waals surface area contributed by atoms with E-state index < -0.39 is 0 Å². The number of halogens is 2. The Bertz CT molecular complexity index is 1210. The first-order valence-electron chi connectivity index (χ1n) is 12.8. The van der Waals surface area contributed by atoms with E-state index in [0.29, 0.717) is 28.3 Å². The summed E-state index contributed by atoms with van der Waals surface area (Å²) in [6.45, 7) is 8.20. The van der Waals surface area contributed by atoms with E-state index in [2.05, 4.69) is 10.6 Å². The normalized spacial score (nSPS) is 15.9. The van der Waals surface area contributed by atoms with Gasteiger partial charge in [0.2, 0.25) is 0 Å². The Morgan fingerprint density at radius 2 is 1.76 bits per heavy atom. The molecule has 0 spiro atoms. The van der Waals surface area contributed by atoms with Gasteiger partial charge in [0.05, 0.1) is 22.2 Å². The van der Waals surface area contributed by atoms with E-state index >= 15 is 0 Å². The number of hydrogen-bond donors (Lipinski definition) is 3. The van der Waals surface area contributed by atoms with Crippen molar-refractivity contribution in [2.75, 3.05) is 23.3 Å². The summed E-state index contributed by atoms with van der Waals surface area (Å²) in [5, 5.41) is 18.0. The van der Waals surface area contributed by atoms with Crippen LogP contribution in [-0.4, -0.2) is 30.1 Å². The van der Waals surface area contributed by atoms with Crippen molar-refractivity contribution < 1.29 is 9.90 Å². The van der Waals surface area contributed by atoms with E-state index in [9.17, 15) is 9.90 Å². The molecule has 1 aliphatic rings. The van der Waals surface area contributed by atoms with E-state index in [-0.39, 0.29) is 22.6 Å². The van der Waals surface area contributed by atoms with Gasteiger partial charge in [0.1, 0.15) is 5.75 Å². The Kier molecular flexibility index (Phi) is 8.68. The van der Waals surface area contributed by atoms with Crippen LogP contribution in [0.15, 0.2) is 60.7 Å². The molecule has 0 aromatic heterocycles. The molecule has 37 heavy (non-hydrogen) atoms. The van der Waals surface area contributed by atoms with Gasteiger partial charge in [-0.2, -0.15) is 0 Å². The van der Waals surface area contributed by atoms with Gasteiger partial charge in [-0.1, -0.05) is 80.7 Å². The van der Waals surface area contributed by atoms with Crippen molar-refractivity contribution in [2.45, 2.75) is 58.0 Å². The second kappa shape index (κ2) is 11.8. The zero-order valence-electron chi connectivity index (χ0n) is 21.7. The quantitative estimate of drug-likeness (QED) is 0.292. The van der Waals surface area contributed by atoms with Crippen LogP contribution in [0.4, 0.5) is 11.4 Å². The predicted octanol–water partition coefficient (Wildman–Crippen LogP) is 7.40. The molecule has 3 N–H and O–H groups in total. The van der Waals surface area contributed by atoms with Crippen molar-refractivity contribution >= 4 is 40.5 Å². The average Bonchev–Trinajstić information content (AvgIpc) is 2.86. The number of carbonyl (C=O) groups excluding carboxylic acids is 1. The predicted molar refractivity (Wildman–Crippen MR) is 154 cm³/mol. The van der Waals surface area contributed by atoms with Gasteiger partial charge < -0.3 is 20.6 Å². The molecular formula is C30H35Cl2N3O2. The molecule has 1 aliphatic heterocycles. The number of phenolic OH excluding ortho intramolecular Hbond substituents is 1. The second-order valence-electron chi connectivity index (χ2n) is 10.7. The smallest absolute Gasteiger partial charge is 0.261 e. The fourth-order valence-corrected chi connectivity index (χ4v) is 5.34. The Labute approximate surface area is 229 Å². The zero-order valence-corrected chi connectivity index (χ0v) is 23.2. The number of anilines is 2. The molecule has 5 nitrogen and oxygen atoms in total. The average molecular weight is 541 g/mol. The number of piperidine rings is 1. The maximum atomic E-state index is 14.0. The third kappa shape index (κ3) is 6.78. The fraction of sp³-hybridized carbons (Fsp3) is 0.367. The third-order valence-electron chi connectivity index (χ3n) is 6.75. The zero-order chi connectivity index (χ0) is 26.6. The van der Waals surface area contributed by atoms with E-state index in [0.717, 1.165) is 36.3 Å². The lowest BCUT2D eigenvalue weighted by Gasteiger charge is -2.28. The molecule has 0 aliphatic carbocycles. The first-order chi connectivity index (χ1) is 17.6. The minimum Gasteiger partial charge on any atom is -0.508 e. The number of aromatic hydroxyl groups is 1. The highest BCUT2D eigenvalue weighted by atomic mass is 35.5. The number of nitrogens with zero attached hydrogens (tertiary/aromatic N) is 1. The molecule has 7 heteroatoms. The van der Waals surface area contributed by atoms with Gasteiger partial charge in [0.15, 0.2) is 0 Å². The third-order valence-corrected chi connectivity index (χ3v) is 7.35. The number of benzene rings is 3. The van der Waals surface area contributed by atoms with Gasteiger partial charge in [-0.25, -0.2) is 0 Å². The van der Waals surface area contributed by atoms with Crippen LogP contribution in [0.3, 0.4) is 0 Å². The summed E-state index contributed by atoms with van der Waals surface area (Å²) in [5.74, 6) is -0.104. The Morgan fingerprint density at radius 1 is 1.05 bits per heavy atom. The topological polar surface area (TPSA) is 64.6 Å². The van der Waals surface area contributed by atoms with Crippen LogP contribution in [0.5, 0.6) is 5.75 Å². The summed E-state index contributed by atoms with van der Waals surface area (Å²) in [6.07, 6.45) is 3.56. The van der Waals surface area contributed by atoms with E-state index in [1.165, 1.54) is 12.8 Å². The molecule has 3 aromatic rings. The summed E-state index contributed by atoms with van der Waals surface area (Å²) in [7, 11) is 0. The number of nitrogens with one attached hydrogen (secondary N) is 2. The molecule has 0 radical (unpaired) electrons. The van der Waals surface area contributed by atoms with Crippen LogP contribution in [0.25, 0.3) is 0 Å². The Balaban J connectivity index is 1.66. The summed E-state index contributed by atoms with van der Waals surface area (Å²) in [5.41, 5.74) is 3.11. The molecule has 1 saturated heterocycles. The van der Waals surface area contributed by atoms with E-state index in [1.807, 2.05) is 57.2 Å². The van der Waals surface area contributed by atoms with Crippen LogP contribution in [-0.2, 0) is 12.0 Å². The number of hydrogen-bond acceptors (Lipinski definition) is 4. The van der Waals surface area contributed by atoms with Crippen molar-refractivity contribution in [1.29, 1.82) is 0 Å². The molecule has 1 atom stereocenters. The minimum atomic E-state index is -0.308. The van der Waals surface area contributed by atoms with Crippen LogP contribution in [0.1, 0.15) is 61.5 Å². The lowest BCUT2D eigenvalue weighted by atomic mass is 9.86. The van der Waals surface area contributed by atoms with Crippen molar-refractivity contribution in [3.8, 4) is 5.75 Å². The summed E-state index contributed by atoms with van der Waals surface area (Å²) < 4.78 is 0. The maximum absolute atomic E-state index is 14.0. The highest BCUT2D eigenvalue weighted by Gasteiger charge is 2.26. The first kappa shape index (κ1) is 27.3. The molecule has 1 heterocycles. The summed E-state index contributed by atoms with van der Waals surface area (Å²) >= 11 is 13.4. The number of phenols is 1. The molecule has 1 amide bonds. The van der Waals surface area contributed by atoms with Crippen molar-refractivity contribution in [3.05, 3.63) is 87.4 Å². The monoisotopic (exact) mass is 539 g/mol. The SMILES string of the molecule is CC(C)(C)c1cc(N(Cc2ccccc2)C(=O)c2c(Cl)cc(NCC3CCCCN3)cc2Cl)ccc1O. The van der Waals surface area contributed by atoms with Gasteiger partial charge in [0, 0.05) is 29.5 Å². The molecule has 1 unspecified atom stereocenters. The fourth-order valence-electron chi connectivity index (χ4n) is 4.69.